The van der Waals surface area contributed by atoms with Crippen LogP contribution in [-0.4, -0.2) is 39.7 Å². The number of esters is 1. The van der Waals surface area contributed by atoms with E-state index in [4.69, 9.17) is 18.9 Å². The molecular formula is C23H34O5. The SMILES string of the molecule is CCOC(=O)C=Cc1cc(C(C)(C)C)c(OCOCCOC)c2c1CCCC2. The molecule has 0 fully saturated rings. The minimum Gasteiger partial charge on any atom is -0.467 e. The lowest BCUT2D eigenvalue weighted by Crippen LogP contribution is -2.19. The number of carbonyl (C=O) groups excluding carboxylic acids is 1. The predicted octanol–water partition coefficient (Wildman–Crippen LogP) is 4.44. The average molecular weight is 391 g/mol. The zero-order valence-corrected chi connectivity index (χ0v) is 17.9. The molecular weight excluding hydrogens is 356 g/mol. The van der Waals surface area contributed by atoms with E-state index in [1.165, 1.54) is 17.2 Å². The molecule has 0 unspecified atom stereocenters. The van der Waals surface area contributed by atoms with Gasteiger partial charge in [0, 0.05) is 18.7 Å². The Bertz CT molecular complexity index is 685. The number of benzene rings is 1. The van der Waals surface area contributed by atoms with Crippen LogP contribution in [0.25, 0.3) is 6.08 Å². The average Bonchev–Trinajstić information content (AvgIpc) is 2.66. The van der Waals surface area contributed by atoms with Crippen molar-refractivity contribution in [2.75, 3.05) is 33.7 Å². The summed E-state index contributed by atoms with van der Waals surface area (Å²) in [6.45, 7) is 9.97. The summed E-state index contributed by atoms with van der Waals surface area (Å²) in [6, 6.07) is 2.16. The van der Waals surface area contributed by atoms with E-state index in [-0.39, 0.29) is 18.2 Å². The molecule has 0 heterocycles. The van der Waals surface area contributed by atoms with Crippen molar-refractivity contribution in [2.45, 2.75) is 58.8 Å². The summed E-state index contributed by atoms with van der Waals surface area (Å²) in [5, 5.41) is 0. The van der Waals surface area contributed by atoms with E-state index in [2.05, 4.69) is 26.8 Å². The Morgan fingerprint density at radius 1 is 1.14 bits per heavy atom. The first-order valence-corrected chi connectivity index (χ1v) is 10.1. The molecule has 0 amide bonds. The van der Waals surface area contributed by atoms with Gasteiger partial charge in [0.25, 0.3) is 0 Å². The summed E-state index contributed by atoms with van der Waals surface area (Å²) in [7, 11) is 1.65. The van der Waals surface area contributed by atoms with E-state index in [1.807, 2.05) is 13.0 Å². The van der Waals surface area contributed by atoms with Gasteiger partial charge < -0.3 is 18.9 Å². The molecule has 28 heavy (non-hydrogen) atoms. The highest BCUT2D eigenvalue weighted by Gasteiger charge is 2.27. The summed E-state index contributed by atoms with van der Waals surface area (Å²) in [4.78, 5) is 11.8. The molecule has 0 aromatic heterocycles. The molecule has 1 aromatic rings. The van der Waals surface area contributed by atoms with Crippen molar-refractivity contribution in [1.29, 1.82) is 0 Å². The van der Waals surface area contributed by atoms with Crippen LogP contribution in [0.5, 0.6) is 5.75 Å². The van der Waals surface area contributed by atoms with E-state index in [1.54, 1.807) is 7.11 Å². The number of ether oxygens (including phenoxy) is 4. The monoisotopic (exact) mass is 390 g/mol. The van der Waals surface area contributed by atoms with Gasteiger partial charge in [0.05, 0.1) is 19.8 Å². The van der Waals surface area contributed by atoms with Crippen LogP contribution in [0.2, 0.25) is 0 Å². The van der Waals surface area contributed by atoms with E-state index in [9.17, 15) is 4.79 Å². The van der Waals surface area contributed by atoms with Crippen molar-refractivity contribution in [3.63, 3.8) is 0 Å². The number of carbonyl (C=O) groups is 1. The molecule has 2 rings (SSSR count). The highest BCUT2D eigenvalue weighted by Crippen LogP contribution is 2.41. The van der Waals surface area contributed by atoms with Crippen molar-refractivity contribution < 1.29 is 23.7 Å². The van der Waals surface area contributed by atoms with Crippen LogP contribution in [0, 0.1) is 0 Å². The molecule has 5 nitrogen and oxygen atoms in total. The summed E-state index contributed by atoms with van der Waals surface area (Å²) in [6.07, 6.45) is 7.66. The van der Waals surface area contributed by atoms with Gasteiger partial charge >= 0.3 is 5.97 Å². The third kappa shape index (κ3) is 6.08. The normalized spacial score (nSPS) is 14.2. The van der Waals surface area contributed by atoms with Gasteiger partial charge in [0.2, 0.25) is 0 Å². The van der Waals surface area contributed by atoms with Gasteiger partial charge in [-0.05, 0) is 66.9 Å². The summed E-state index contributed by atoms with van der Waals surface area (Å²) >= 11 is 0. The van der Waals surface area contributed by atoms with Crippen LogP contribution in [0.15, 0.2) is 12.1 Å². The molecule has 1 aromatic carbocycles. The van der Waals surface area contributed by atoms with E-state index >= 15 is 0 Å². The summed E-state index contributed by atoms with van der Waals surface area (Å²) in [5.41, 5.74) is 4.64. The van der Waals surface area contributed by atoms with Gasteiger partial charge in [-0.1, -0.05) is 20.8 Å². The van der Waals surface area contributed by atoms with Crippen LogP contribution >= 0.6 is 0 Å². The first-order valence-electron chi connectivity index (χ1n) is 10.1. The molecule has 0 saturated carbocycles. The first-order chi connectivity index (χ1) is 13.4. The third-order valence-electron chi connectivity index (χ3n) is 4.85. The highest BCUT2D eigenvalue weighted by molar-refractivity contribution is 5.87. The Hall–Kier alpha value is -1.85. The standard InChI is InChI=1S/C23H34O5/c1-6-27-21(24)12-11-17-15-20(23(2,3)4)22(28-16-26-14-13-25-5)19-10-8-7-9-18(17)19/h11-12,15H,6-10,13-14,16H2,1-5H3. The van der Waals surface area contributed by atoms with Crippen LogP contribution in [-0.2, 0) is 37.3 Å². The van der Waals surface area contributed by atoms with E-state index < -0.39 is 0 Å². The molecule has 0 N–H and O–H groups in total. The second-order valence-corrected chi connectivity index (χ2v) is 8.01. The molecule has 0 spiro atoms. The minimum absolute atomic E-state index is 0.0964. The van der Waals surface area contributed by atoms with Gasteiger partial charge in [-0.2, -0.15) is 0 Å². The van der Waals surface area contributed by atoms with Gasteiger partial charge in [-0.3, -0.25) is 0 Å². The predicted molar refractivity (Wildman–Crippen MR) is 111 cm³/mol. The maximum atomic E-state index is 11.8. The second-order valence-electron chi connectivity index (χ2n) is 8.01. The second kappa shape index (κ2) is 10.6. The number of rotatable bonds is 9. The van der Waals surface area contributed by atoms with Crippen LogP contribution in [0.1, 0.15) is 62.8 Å². The topological polar surface area (TPSA) is 54.0 Å². The van der Waals surface area contributed by atoms with Crippen LogP contribution in [0.3, 0.4) is 0 Å². The third-order valence-corrected chi connectivity index (χ3v) is 4.85. The summed E-state index contributed by atoms with van der Waals surface area (Å²) < 4.78 is 21.7. The lowest BCUT2D eigenvalue weighted by Gasteiger charge is -2.29. The van der Waals surface area contributed by atoms with Gasteiger partial charge in [-0.15, -0.1) is 0 Å². The van der Waals surface area contributed by atoms with E-state index in [0.717, 1.165) is 42.6 Å². The van der Waals surface area contributed by atoms with Crippen molar-refractivity contribution in [3.05, 3.63) is 34.4 Å². The molecule has 1 aliphatic carbocycles. The minimum atomic E-state index is -0.309. The lowest BCUT2D eigenvalue weighted by molar-refractivity contribution is -0.137. The Kier molecular flexibility index (Phi) is 8.52. The molecule has 156 valence electrons. The molecule has 1 aliphatic rings. The lowest BCUT2D eigenvalue weighted by atomic mass is 9.78. The fourth-order valence-corrected chi connectivity index (χ4v) is 3.47. The molecule has 0 bridgehead atoms. The zero-order valence-electron chi connectivity index (χ0n) is 17.9. The fourth-order valence-electron chi connectivity index (χ4n) is 3.47. The van der Waals surface area contributed by atoms with Crippen LogP contribution < -0.4 is 4.74 Å². The highest BCUT2D eigenvalue weighted by atomic mass is 16.7. The van der Waals surface area contributed by atoms with E-state index in [0.29, 0.717) is 19.8 Å². The molecule has 0 aliphatic heterocycles. The van der Waals surface area contributed by atoms with Crippen molar-refractivity contribution >= 4 is 12.0 Å². The number of hydrogen-bond acceptors (Lipinski definition) is 5. The Balaban J connectivity index is 2.39. The molecule has 0 atom stereocenters. The smallest absolute Gasteiger partial charge is 0.330 e. The molecule has 0 saturated heterocycles. The Morgan fingerprint density at radius 2 is 1.86 bits per heavy atom. The maximum Gasteiger partial charge on any atom is 0.330 e. The van der Waals surface area contributed by atoms with Crippen molar-refractivity contribution in [3.8, 4) is 5.75 Å². The fraction of sp³-hybridized carbons (Fsp3) is 0.609. The van der Waals surface area contributed by atoms with Crippen molar-refractivity contribution in [2.24, 2.45) is 0 Å². The maximum absolute atomic E-state index is 11.8. The molecule has 5 heteroatoms. The largest absolute Gasteiger partial charge is 0.467 e. The first kappa shape index (κ1) is 22.4. The Labute approximate surface area is 169 Å². The number of fused-ring (bicyclic) bond motifs is 1. The number of hydrogen-bond donors (Lipinski definition) is 0. The number of methoxy groups -OCH3 is 1. The van der Waals surface area contributed by atoms with Crippen molar-refractivity contribution in [1.82, 2.24) is 0 Å². The zero-order chi connectivity index (χ0) is 20.6. The van der Waals surface area contributed by atoms with Crippen LogP contribution in [0.4, 0.5) is 0 Å². The quantitative estimate of drug-likeness (QED) is 0.270. The molecule has 0 radical (unpaired) electrons. The van der Waals surface area contributed by atoms with Gasteiger partial charge in [0.1, 0.15) is 5.75 Å². The van der Waals surface area contributed by atoms with Gasteiger partial charge in [-0.25, -0.2) is 4.79 Å². The van der Waals surface area contributed by atoms with Gasteiger partial charge in [0.15, 0.2) is 6.79 Å². The Morgan fingerprint density at radius 3 is 2.50 bits per heavy atom. The summed E-state index contributed by atoms with van der Waals surface area (Å²) in [5.74, 6) is 0.629.